The molecule has 3 heterocycles. The molecule has 3 rings (SSSR count). The summed E-state index contributed by atoms with van der Waals surface area (Å²) in [4.78, 5) is 21.1. The first kappa shape index (κ1) is 16.4. The molecule has 1 aliphatic heterocycles. The third-order valence-corrected chi connectivity index (χ3v) is 4.49. The van der Waals surface area contributed by atoms with Crippen molar-refractivity contribution >= 4 is 17.5 Å². The Balaban J connectivity index is 1.52. The minimum Gasteiger partial charge on any atom is -0.354 e. The second-order valence-electron chi connectivity index (χ2n) is 6.18. The van der Waals surface area contributed by atoms with Gasteiger partial charge in [-0.15, -0.1) is 0 Å². The Labute approximate surface area is 142 Å². The van der Waals surface area contributed by atoms with E-state index in [9.17, 15) is 4.79 Å². The number of anilines is 2. The van der Waals surface area contributed by atoms with Crippen molar-refractivity contribution in [1.82, 2.24) is 19.7 Å². The van der Waals surface area contributed by atoms with E-state index in [0.29, 0.717) is 6.54 Å². The second-order valence-corrected chi connectivity index (χ2v) is 6.18. The predicted molar refractivity (Wildman–Crippen MR) is 94.2 cm³/mol. The highest BCUT2D eigenvalue weighted by molar-refractivity contribution is 5.92. The molecule has 1 amide bonds. The maximum atomic E-state index is 12.3. The van der Waals surface area contributed by atoms with E-state index in [2.05, 4.69) is 25.2 Å². The lowest BCUT2D eigenvalue weighted by atomic mass is 10.2. The van der Waals surface area contributed by atoms with E-state index in [1.807, 2.05) is 45.3 Å². The lowest BCUT2D eigenvalue weighted by Crippen LogP contribution is -2.49. The van der Waals surface area contributed by atoms with Gasteiger partial charge in [-0.05, 0) is 26.0 Å². The van der Waals surface area contributed by atoms with Crippen molar-refractivity contribution in [3.63, 3.8) is 0 Å². The Kier molecular flexibility index (Phi) is 4.80. The summed E-state index contributed by atoms with van der Waals surface area (Å²) >= 11 is 0. The number of carbonyl (C=O) groups is 1. The molecule has 0 aromatic carbocycles. The van der Waals surface area contributed by atoms with E-state index in [-0.39, 0.29) is 5.91 Å². The number of amides is 1. The summed E-state index contributed by atoms with van der Waals surface area (Å²) in [6, 6.07) is 5.95. The van der Waals surface area contributed by atoms with E-state index in [1.165, 1.54) is 0 Å². The maximum Gasteiger partial charge on any atom is 0.239 e. The van der Waals surface area contributed by atoms with Gasteiger partial charge < -0.3 is 10.2 Å². The molecular weight excluding hydrogens is 304 g/mol. The van der Waals surface area contributed by atoms with Crippen molar-refractivity contribution in [2.24, 2.45) is 7.05 Å². The van der Waals surface area contributed by atoms with Crippen molar-refractivity contribution < 1.29 is 4.79 Å². The molecule has 1 saturated heterocycles. The third-order valence-electron chi connectivity index (χ3n) is 4.49. The van der Waals surface area contributed by atoms with E-state index in [0.717, 1.165) is 49.1 Å². The van der Waals surface area contributed by atoms with Gasteiger partial charge in [0.15, 0.2) is 0 Å². The highest BCUT2D eigenvalue weighted by atomic mass is 16.2. The van der Waals surface area contributed by atoms with Crippen LogP contribution in [0, 0.1) is 13.8 Å². The average molecular weight is 328 g/mol. The smallest absolute Gasteiger partial charge is 0.239 e. The van der Waals surface area contributed by atoms with Gasteiger partial charge >= 0.3 is 0 Å². The molecule has 0 radical (unpaired) electrons. The Morgan fingerprint density at radius 3 is 2.54 bits per heavy atom. The van der Waals surface area contributed by atoms with Crippen LogP contribution in [0.4, 0.5) is 11.6 Å². The minimum absolute atomic E-state index is 0.00684. The molecular formula is C17H24N6O. The SMILES string of the molecule is Cc1nn(C)c(NC(=O)CN2CCN(c3ccccn3)CC2)c1C. The van der Waals surface area contributed by atoms with Gasteiger partial charge in [0.1, 0.15) is 11.6 Å². The first-order valence-electron chi connectivity index (χ1n) is 8.23. The van der Waals surface area contributed by atoms with Gasteiger partial charge in [-0.1, -0.05) is 6.07 Å². The number of aryl methyl sites for hydroxylation is 2. The molecule has 0 aliphatic carbocycles. The summed E-state index contributed by atoms with van der Waals surface area (Å²) in [6.07, 6.45) is 1.81. The van der Waals surface area contributed by atoms with Crippen molar-refractivity contribution in [3.05, 3.63) is 35.7 Å². The van der Waals surface area contributed by atoms with E-state index < -0.39 is 0 Å². The maximum absolute atomic E-state index is 12.3. The molecule has 128 valence electrons. The molecule has 0 saturated carbocycles. The number of hydrogen-bond donors (Lipinski definition) is 1. The van der Waals surface area contributed by atoms with Crippen LogP contribution < -0.4 is 10.2 Å². The van der Waals surface area contributed by atoms with Crippen molar-refractivity contribution in [3.8, 4) is 0 Å². The lowest BCUT2D eigenvalue weighted by Gasteiger charge is -2.34. The Morgan fingerprint density at radius 1 is 1.21 bits per heavy atom. The standard InChI is InChI=1S/C17H24N6O/c1-13-14(2)20-21(3)17(13)19-16(24)12-22-8-10-23(11-9-22)15-6-4-5-7-18-15/h4-7H,8-12H2,1-3H3,(H,19,24). The molecule has 0 unspecified atom stereocenters. The number of nitrogens with one attached hydrogen (secondary N) is 1. The number of hydrogen-bond acceptors (Lipinski definition) is 5. The topological polar surface area (TPSA) is 66.3 Å². The van der Waals surface area contributed by atoms with Crippen molar-refractivity contribution in [1.29, 1.82) is 0 Å². The van der Waals surface area contributed by atoms with E-state index in [4.69, 9.17) is 0 Å². The van der Waals surface area contributed by atoms with Crippen LogP contribution >= 0.6 is 0 Å². The van der Waals surface area contributed by atoms with Crippen molar-refractivity contribution in [2.75, 3.05) is 42.9 Å². The Hall–Kier alpha value is -2.41. The Bertz CT molecular complexity index is 703. The first-order chi connectivity index (χ1) is 11.5. The third kappa shape index (κ3) is 3.56. The molecule has 1 fully saturated rings. The van der Waals surface area contributed by atoms with Gasteiger partial charge in [-0.3, -0.25) is 14.4 Å². The normalized spacial score (nSPS) is 15.5. The average Bonchev–Trinajstić information content (AvgIpc) is 2.82. The quantitative estimate of drug-likeness (QED) is 0.913. The van der Waals surface area contributed by atoms with E-state index >= 15 is 0 Å². The van der Waals surface area contributed by atoms with Crippen LogP contribution in [0.3, 0.4) is 0 Å². The molecule has 0 bridgehead atoms. The van der Waals surface area contributed by atoms with Crippen LogP contribution in [0.15, 0.2) is 24.4 Å². The van der Waals surface area contributed by atoms with Gasteiger partial charge in [0.05, 0.1) is 12.2 Å². The van der Waals surface area contributed by atoms with Crippen LogP contribution in [0.5, 0.6) is 0 Å². The summed E-state index contributed by atoms with van der Waals surface area (Å²) in [5, 5.41) is 7.31. The largest absolute Gasteiger partial charge is 0.354 e. The molecule has 24 heavy (non-hydrogen) atoms. The molecule has 2 aromatic heterocycles. The van der Waals surface area contributed by atoms with Crippen LogP contribution in [-0.4, -0.2) is 58.3 Å². The number of pyridine rings is 1. The van der Waals surface area contributed by atoms with Crippen molar-refractivity contribution in [2.45, 2.75) is 13.8 Å². The summed E-state index contributed by atoms with van der Waals surface area (Å²) in [5.41, 5.74) is 1.96. The summed E-state index contributed by atoms with van der Waals surface area (Å²) < 4.78 is 1.72. The minimum atomic E-state index is 0.00684. The number of piperazine rings is 1. The fraction of sp³-hybridized carbons (Fsp3) is 0.471. The number of nitrogens with zero attached hydrogens (tertiary/aromatic N) is 5. The van der Waals surface area contributed by atoms with Gasteiger partial charge in [0.2, 0.25) is 5.91 Å². The molecule has 0 atom stereocenters. The van der Waals surface area contributed by atoms with Crippen LogP contribution in [0.2, 0.25) is 0 Å². The fourth-order valence-electron chi connectivity index (χ4n) is 2.99. The van der Waals surface area contributed by atoms with Gasteiger partial charge in [-0.2, -0.15) is 5.10 Å². The molecule has 7 heteroatoms. The molecule has 7 nitrogen and oxygen atoms in total. The number of carbonyl (C=O) groups excluding carboxylic acids is 1. The van der Waals surface area contributed by atoms with Crippen LogP contribution in [0.25, 0.3) is 0 Å². The highest BCUT2D eigenvalue weighted by Gasteiger charge is 2.20. The van der Waals surface area contributed by atoms with Crippen LogP contribution in [0.1, 0.15) is 11.3 Å². The second kappa shape index (κ2) is 7.00. The first-order valence-corrected chi connectivity index (χ1v) is 8.23. The van der Waals surface area contributed by atoms with Gasteiger partial charge in [-0.25, -0.2) is 4.98 Å². The zero-order chi connectivity index (χ0) is 17.1. The van der Waals surface area contributed by atoms with Crippen LogP contribution in [-0.2, 0) is 11.8 Å². The zero-order valence-corrected chi connectivity index (χ0v) is 14.5. The van der Waals surface area contributed by atoms with Gasteiger partial charge in [0.25, 0.3) is 0 Å². The summed E-state index contributed by atoms with van der Waals surface area (Å²) in [5.74, 6) is 1.79. The monoisotopic (exact) mass is 328 g/mol. The number of aromatic nitrogens is 3. The Morgan fingerprint density at radius 2 is 1.96 bits per heavy atom. The summed E-state index contributed by atoms with van der Waals surface area (Å²) in [6.45, 7) is 7.80. The number of rotatable bonds is 4. The fourth-order valence-corrected chi connectivity index (χ4v) is 2.99. The van der Waals surface area contributed by atoms with E-state index in [1.54, 1.807) is 4.68 Å². The zero-order valence-electron chi connectivity index (χ0n) is 14.5. The highest BCUT2D eigenvalue weighted by Crippen LogP contribution is 2.17. The molecule has 1 aliphatic rings. The summed E-state index contributed by atoms with van der Waals surface area (Å²) in [7, 11) is 1.85. The van der Waals surface area contributed by atoms with Gasteiger partial charge in [0, 0.05) is 45.0 Å². The molecule has 0 spiro atoms. The molecule has 2 aromatic rings. The predicted octanol–water partition coefficient (Wildman–Crippen LogP) is 1.19. The lowest BCUT2D eigenvalue weighted by molar-refractivity contribution is -0.117. The molecule has 1 N–H and O–H groups in total.